The smallest absolute Gasteiger partial charge is 0.258 e. The first-order valence-electron chi connectivity index (χ1n) is 5.32. The van der Waals surface area contributed by atoms with Gasteiger partial charge < -0.3 is 15.4 Å². The lowest BCUT2D eigenvalue weighted by molar-refractivity contribution is -0.122. The highest BCUT2D eigenvalue weighted by molar-refractivity contribution is 5.88. The predicted octanol–water partition coefficient (Wildman–Crippen LogP) is 0.773. The molecule has 0 heterocycles. The van der Waals surface area contributed by atoms with Crippen molar-refractivity contribution < 1.29 is 14.3 Å². The third kappa shape index (κ3) is 5.03. The third-order valence-corrected chi connectivity index (χ3v) is 1.91. The van der Waals surface area contributed by atoms with Gasteiger partial charge in [0.1, 0.15) is 5.75 Å². The summed E-state index contributed by atoms with van der Waals surface area (Å²) in [7, 11) is 0. The first-order valence-corrected chi connectivity index (χ1v) is 5.32. The summed E-state index contributed by atoms with van der Waals surface area (Å²) in [5, 5.41) is 5.10. The molecule has 0 fully saturated rings. The van der Waals surface area contributed by atoms with E-state index in [2.05, 4.69) is 16.6 Å². The molecule has 5 heteroatoms. The SMILES string of the molecule is C#CCNC(=O)COc1cccc(NC(C)=O)c1. The van der Waals surface area contributed by atoms with Crippen molar-refractivity contribution in [3.8, 4) is 18.1 Å². The lowest BCUT2D eigenvalue weighted by atomic mass is 10.3. The van der Waals surface area contributed by atoms with Crippen LogP contribution in [0.3, 0.4) is 0 Å². The van der Waals surface area contributed by atoms with Gasteiger partial charge >= 0.3 is 0 Å². The molecule has 1 aromatic rings. The lowest BCUT2D eigenvalue weighted by Gasteiger charge is -2.08. The van der Waals surface area contributed by atoms with Crippen LogP contribution >= 0.6 is 0 Å². The lowest BCUT2D eigenvalue weighted by Crippen LogP contribution is -2.29. The molecule has 0 saturated heterocycles. The van der Waals surface area contributed by atoms with Crippen molar-refractivity contribution >= 4 is 17.5 Å². The van der Waals surface area contributed by atoms with Crippen molar-refractivity contribution in [1.29, 1.82) is 0 Å². The van der Waals surface area contributed by atoms with Crippen LogP contribution in [-0.4, -0.2) is 25.0 Å². The Morgan fingerprint density at radius 1 is 1.44 bits per heavy atom. The Morgan fingerprint density at radius 3 is 2.89 bits per heavy atom. The van der Waals surface area contributed by atoms with Crippen LogP contribution in [0.2, 0.25) is 0 Å². The minimum atomic E-state index is -0.294. The molecule has 0 aliphatic rings. The Morgan fingerprint density at radius 2 is 2.22 bits per heavy atom. The number of nitrogens with one attached hydrogen (secondary N) is 2. The number of rotatable bonds is 5. The monoisotopic (exact) mass is 246 g/mol. The van der Waals surface area contributed by atoms with Gasteiger partial charge in [0, 0.05) is 18.7 Å². The van der Waals surface area contributed by atoms with E-state index in [4.69, 9.17) is 11.2 Å². The number of hydrogen-bond acceptors (Lipinski definition) is 3. The van der Waals surface area contributed by atoms with Crippen LogP contribution < -0.4 is 15.4 Å². The highest BCUT2D eigenvalue weighted by Gasteiger charge is 2.02. The Hall–Kier alpha value is -2.48. The van der Waals surface area contributed by atoms with E-state index >= 15 is 0 Å². The maximum atomic E-state index is 11.2. The molecule has 0 radical (unpaired) electrons. The van der Waals surface area contributed by atoms with Crippen molar-refractivity contribution in [3.63, 3.8) is 0 Å². The van der Waals surface area contributed by atoms with Gasteiger partial charge in [-0.15, -0.1) is 6.42 Å². The zero-order valence-electron chi connectivity index (χ0n) is 10.0. The van der Waals surface area contributed by atoms with Crippen LogP contribution in [0.1, 0.15) is 6.92 Å². The van der Waals surface area contributed by atoms with E-state index in [1.807, 2.05) is 0 Å². The molecule has 5 nitrogen and oxygen atoms in total. The van der Waals surface area contributed by atoms with Gasteiger partial charge in [-0.25, -0.2) is 0 Å². The zero-order chi connectivity index (χ0) is 13.4. The molecule has 0 bridgehead atoms. The van der Waals surface area contributed by atoms with Crippen LogP contribution in [0.25, 0.3) is 0 Å². The van der Waals surface area contributed by atoms with Crippen LogP contribution in [0.4, 0.5) is 5.69 Å². The van der Waals surface area contributed by atoms with Gasteiger partial charge in [0.2, 0.25) is 5.91 Å². The highest BCUT2D eigenvalue weighted by atomic mass is 16.5. The number of terminal acetylenes is 1. The van der Waals surface area contributed by atoms with Crippen molar-refractivity contribution in [2.75, 3.05) is 18.5 Å². The van der Waals surface area contributed by atoms with E-state index in [-0.39, 0.29) is 25.0 Å². The number of amides is 2. The van der Waals surface area contributed by atoms with Gasteiger partial charge in [0.25, 0.3) is 5.91 Å². The standard InChI is InChI=1S/C13H14N2O3/c1-3-7-14-13(17)9-18-12-6-4-5-11(8-12)15-10(2)16/h1,4-6,8H,7,9H2,2H3,(H,14,17)(H,15,16). The van der Waals surface area contributed by atoms with Gasteiger partial charge in [0.05, 0.1) is 6.54 Å². The van der Waals surface area contributed by atoms with Crippen LogP contribution in [0, 0.1) is 12.3 Å². The van der Waals surface area contributed by atoms with Gasteiger partial charge in [0.15, 0.2) is 6.61 Å². The summed E-state index contributed by atoms with van der Waals surface area (Å²) in [5.41, 5.74) is 0.615. The number of ether oxygens (including phenoxy) is 1. The molecular formula is C13H14N2O3. The molecule has 0 aromatic heterocycles. The van der Waals surface area contributed by atoms with E-state index in [9.17, 15) is 9.59 Å². The minimum Gasteiger partial charge on any atom is -0.484 e. The zero-order valence-corrected chi connectivity index (χ0v) is 10.0. The number of benzene rings is 1. The second kappa shape index (κ2) is 6.97. The molecular weight excluding hydrogens is 232 g/mol. The summed E-state index contributed by atoms with van der Waals surface area (Å²) in [4.78, 5) is 22.1. The van der Waals surface area contributed by atoms with Gasteiger partial charge in [-0.05, 0) is 12.1 Å². The summed E-state index contributed by atoms with van der Waals surface area (Å²) >= 11 is 0. The molecule has 0 saturated carbocycles. The molecule has 2 N–H and O–H groups in total. The van der Waals surface area contributed by atoms with Crippen molar-refractivity contribution in [2.24, 2.45) is 0 Å². The van der Waals surface area contributed by atoms with Crippen LogP contribution in [-0.2, 0) is 9.59 Å². The summed E-state index contributed by atoms with van der Waals surface area (Å²) in [5.74, 6) is 2.33. The number of carbonyl (C=O) groups is 2. The second-order valence-corrected chi connectivity index (χ2v) is 3.48. The first-order chi connectivity index (χ1) is 8.61. The Balaban J connectivity index is 2.50. The number of hydrogen-bond donors (Lipinski definition) is 2. The molecule has 0 aliphatic carbocycles. The molecule has 0 aliphatic heterocycles. The normalized spacial score (nSPS) is 9.11. The number of anilines is 1. The second-order valence-electron chi connectivity index (χ2n) is 3.48. The summed E-state index contributed by atoms with van der Waals surface area (Å²) in [6.45, 7) is 1.47. The third-order valence-electron chi connectivity index (χ3n) is 1.91. The molecule has 94 valence electrons. The van der Waals surface area contributed by atoms with Crippen LogP contribution in [0.5, 0.6) is 5.75 Å². The molecule has 0 spiro atoms. The molecule has 1 aromatic carbocycles. The molecule has 1 rings (SSSR count). The van der Waals surface area contributed by atoms with Gasteiger partial charge in [-0.1, -0.05) is 12.0 Å². The quantitative estimate of drug-likeness (QED) is 0.754. The highest BCUT2D eigenvalue weighted by Crippen LogP contribution is 2.16. The largest absolute Gasteiger partial charge is 0.484 e. The van der Waals surface area contributed by atoms with E-state index in [1.54, 1.807) is 24.3 Å². The molecule has 2 amide bonds. The number of carbonyl (C=O) groups excluding carboxylic acids is 2. The topological polar surface area (TPSA) is 67.4 Å². The van der Waals surface area contributed by atoms with E-state index in [1.165, 1.54) is 6.92 Å². The fourth-order valence-corrected chi connectivity index (χ4v) is 1.22. The average molecular weight is 246 g/mol. The van der Waals surface area contributed by atoms with Crippen LogP contribution in [0.15, 0.2) is 24.3 Å². The Kier molecular flexibility index (Phi) is 5.26. The fourth-order valence-electron chi connectivity index (χ4n) is 1.22. The maximum Gasteiger partial charge on any atom is 0.258 e. The van der Waals surface area contributed by atoms with Gasteiger partial charge in [-0.2, -0.15) is 0 Å². The van der Waals surface area contributed by atoms with E-state index in [0.29, 0.717) is 11.4 Å². The Bertz CT molecular complexity index is 477. The minimum absolute atomic E-state index is 0.120. The molecule has 18 heavy (non-hydrogen) atoms. The molecule has 0 atom stereocenters. The van der Waals surface area contributed by atoms with Crippen molar-refractivity contribution in [3.05, 3.63) is 24.3 Å². The maximum absolute atomic E-state index is 11.2. The fraction of sp³-hybridized carbons (Fsp3) is 0.231. The van der Waals surface area contributed by atoms with Gasteiger partial charge in [-0.3, -0.25) is 9.59 Å². The van der Waals surface area contributed by atoms with Crippen molar-refractivity contribution in [1.82, 2.24) is 5.32 Å². The summed E-state index contributed by atoms with van der Waals surface area (Å²) < 4.78 is 5.26. The first kappa shape index (κ1) is 13.6. The average Bonchev–Trinajstić information content (AvgIpc) is 2.33. The van der Waals surface area contributed by atoms with Crippen molar-refractivity contribution in [2.45, 2.75) is 6.92 Å². The van der Waals surface area contributed by atoms with E-state index in [0.717, 1.165) is 0 Å². The Labute approximate surface area is 106 Å². The predicted molar refractivity (Wildman–Crippen MR) is 68.1 cm³/mol. The summed E-state index contributed by atoms with van der Waals surface area (Å²) in [6, 6.07) is 6.78. The van der Waals surface area contributed by atoms with E-state index < -0.39 is 0 Å². The molecule has 0 unspecified atom stereocenters. The summed E-state index contributed by atoms with van der Waals surface area (Å²) in [6.07, 6.45) is 5.00.